The number of nitrogens with two attached hydrogens (primary N) is 1. The molecule has 1 heterocycles. The van der Waals surface area contributed by atoms with E-state index in [0.29, 0.717) is 0 Å². The molecule has 0 bridgehead atoms. The van der Waals surface area contributed by atoms with Gasteiger partial charge in [0.05, 0.1) is 29.5 Å². The summed E-state index contributed by atoms with van der Waals surface area (Å²) < 4.78 is 6.16. The van der Waals surface area contributed by atoms with Gasteiger partial charge in [0, 0.05) is 0 Å². The Hall–Kier alpha value is -1.17. The zero-order valence-corrected chi connectivity index (χ0v) is 9.99. The number of benzene rings is 1. The second-order valence-electron chi connectivity index (χ2n) is 3.65. The van der Waals surface area contributed by atoms with E-state index in [4.69, 9.17) is 10.5 Å². The van der Waals surface area contributed by atoms with E-state index in [0.717, 1.165) is 21.0 Å². The summed E-state index contributed by atoms with van der Waals surface area (Å²) in [6.07, 6.45) is -0.595. The Labute approximate surface area is 97.7 Å². The first-order chi connectivity index (χ1) is 7.61. The second kappa shape index (κ2) is 4.37. The minimum absolute atomic E-state index is 0.427. The topological polar surface area (TPSA) is 68.4 Å². The van der Waals surface area contributed by atoms with E-state index in [1.54, 1.807) is 14.0 Å². The van der Waals surface area contributed by atoms with Crippen LogP contribution in [0.4, 0.5) is 0 Å². The summed E-state index contributed by atoms with van der Waals surface area (Å²) in [6.45, 7) is 1.66. The van der Waals surface area contributed by atoms with Crippen molar-refractivity contribution in [2.45, 2.75) is 19.1 Å². The van der Waals surface area contributed by atoms with Crippen molar-refractivity contribution in [2.75, 3.05) is 7.11 Å². The molecule has 0 aliphatic heterocycles. The molecule has 4 nitrogen and oxygen atoms in total. The summed E-state index contributed by atoms with van der Waals surface area (Å²) in [7, 11) is 1.63. The number of aliphatic hydroxyl groups excluding tert-OH is 1. The molecule has 2 rings (SSSR count). The molecule has 0 amide bonds. The molecule has 2 aromatic rings. The van der Waals surface area contributed by atoms with Gasteiger partial charge in [-0.05, 0) is 25.1 Å². The highest BCUT2D eigenvalue weighted by Crippen LogP contribution is 2.29. The molecule has 86 valence electrons. The highest BCUT2D eigenvalue weighted by atomic mass is 32.1. The molecule has 0 saturated carbocycles. The van der Waals surface area contributed by atoms with E-state index in [9.17, 15) is 5.11 Å². The fourth-order valence-electron chi connectivity index (χ4n) is 1.40. The van der Waals surface area contributed by atoms with Crippen molar-refractivity contribution < 1.29 is 9.84 Å². The molecule has 0 spiro atoms. The molecular formula is C11H14N2O2S. The first-order valence-electron chi connectivity index (χ1n) is 5.00. The van der Waals surface area contributed by atoms with Crippen LogP contribution in [0, 0.1) is 0 Å². The summed E-state index contributed by atoms with van der Waals surface area (Å²) in [5, 5.41) is 10.2. The Kier molecular flexibility index (Phi) is 3.09. The van der Waals surface area contributed by atoms with Crippen molar-refractivity contribution in [2.24, 2.45) is 5.73 Å². The Morgan fingerprint density at radius 1 is 1.50 bits per heavy atom. The van der Waals surface area contributed by atoms with Gasteiger partial charge in [-0.2, -0.15) is 0 Å². The molecule has 3 N–H and O–H groups in total. The third kappa shape index (κ3) is 2.02. The summed E-state index contributed by atoms with van der Waals surface area (Å²) in [6, 6.07) is 5.25. The maximum absolute atomic E-state index is 9.42. The zero-order valence-electron chi connectivity index (χ0n) is 9.18. The molecule has 0 fully saturated rings. The largest absolute Gasteiger partial charge is 0.497 e. The van der Waals surface area contributed by atoms with Crippen LogP contribution in [0.2, 0.25) is 0 Å². The van der Waals surface area contributed by atoms with Gasteiger partial charge in [-0.1, -0.05) is 0 Å². The highest BCUT2D eigenvalue weighted by molar-refractivity contribution is 7.18. The van der Waals surface area contributed by atoms with Gasteiger partial charge < -0.3 is 15.6 Å². The number of fused-ring (bicyclic) bond motifs is 1. The van der Waals surface area contributed by atoms with Crippen LogP contribution >= 0.6 is 11.3 Å². The standard InChI is InChI=1S/C11H14N2O2S/c1-6(14)10(12)11-13-8-4-3-7(15-2)5-9(8)16-11/h3-6,10,14H,12H2,1-2H3. The smallest absolute Gasteiger partial charge is 0.120 e. The van der Waals surface area contributed by atoms with Crippen LogP contribution in [0.25, 0.3) is 10.2 Å². The SMILES string of the molecule is COc1ccc2nc(C(N)C(C)O)sc2c1. The predicted octanol–water partition coefficient (Wildman–Crippen LogP) is 1.69. The van der Waals surface area contributed by atoms with Gasteiger partial charge in [-0.3, -0.25) is 0 Å². The highest BCUT2D eigenvalue weighted by Gasteiger charge is 2.16. The second-order valence-corrected chi connectivity index (χ2v) is 4.71. The van der Waals surface area contributed by atoms with E-state index in [2.05, 4.69) is 4.98 Å². The number of aromatic nitrogens is 1. The maximum atomic E-state index is 9.42. The predicted molar refractivity (Wildman–Crippen MR) is 64.8 cm³/mol. The Bertz CT molecular complexity index is 496. The third-order valence-electron chi connectivity index (χ3n) is 2.42. The van der Waals surface area contributed by atoms with Crippen LogP contribution in [0.3, 0.4) is 0 Å². The van der Waals surface area contributed by atoms with Crippen LogP contribution in [0.5, 0.6) is 5.75 Å². The lowest BCUT2D eigenvalue weighted by Gasteiger charge is -2.10. The molecule has 2 atom stereocenters. The molecular weight excluding hydrogens is 224 g/mol. The number of nitrogens with zero attached hydrogens (tertiary/aromatic N) is 1. The molecule has 1 aromatic carbocycles. The molecule has 2 unspecified atom stereocenters. The molecule has 0 aliphatic rings. The Morgan fingerprint density at radius 3 is 2.88 bits per heavy atom. The number of hydrogen-bond acceptors (Lipinski definition) is 5. The first-order valence-corrected chi connectivity index (χ1v) is 5.81. The third-order valence-corrected chi connectivity index (χ3v) is 3.54. The fraction of sp³-hybridized carbons (Fsp3) is 0.364. The van der Waals surface area contributed by atoms with Crippen LogP contribution < -0.4 is 10.5 Å². The van der Waals surface area contributed by atoms with Gasteiger partial charge in [0.2, 0.25) is 0 Å². The van der Waals surface area contributed by atoms with Crippen LogP contribution in [-0.4, -0.2) is 23.3 Å². The first kappa shape index (κ1) is 11.3. The summed E-state index contributed by atoms with van der Waals surface area (Å²) in [5.74, 6) is 0.799. The number of methoxy groups -OCH3 is 1. The van der Waals surface area contributed by atoms with Gasteiger partial charge in [0.25, 0.3) is 0 Å². The average molecular weight is 238 g/mol. The lowest BCUT2D eigenvalue weighted by atomic mass is 10.2. The van der Waals surface area contributed by atoms with E-state index in [-0.39, 0.29) is 0 Å². The minimum Gasteiger partial charge on any atom is -0.497 e. The average Bonchev–Trinajstić information content (AvgIpc) is 2.69. The van der Waals surface area contributed by atoms with Crippen molar-refractivity contribution in [1.82, 2.24) is 4.98 Å². The lowest BCUT2D eigenvalue weighted by molar-refractivity contribution is 0.164. The quantitative estimate of drug-likeness (QED) is 0.853. The van der Waals surface area contributed by atoms with Crippen LogP contribution in [0.1, 0.15) is 18.0 Å². The maximum Gasteiger partial charge on any atom is 0.120 e. The van der Waals surface area contributed by atoms with E-state index < -0.39 is 12.1 Å². The van der Waals surface area contributed by atoms with Crippen molar-refractivity contribution >= 4 is 21.6 Å². The molecule has 0 saturated heterocycles. The van der Waals surface area contributed by atoms with Crippen molar-refractivity contribution in [3.8, 4) is 5.75 Å². The van der Waals surface area contributed by atoms with Gasteiger partial charge >= 0.3 is 0 Å². The molecule has 16 heavy (non-hydrogen) atoms. The number of thiazole rings is 1. The molecule has 5 heteroatoms. The van der Waals surface area contributed by atoms with Crippen molar-refractivity contribution in [1.29, 1.82) is 0 Å². The van der Waals surface area contributed by atoms with E-state index in [1.165, 1.54) is 11.3 Å². The molecule has 0 aliphatic carbocycles. The zero-order chi connectivity index (χ0) is 11.7. The normalized spacial score (nSPS) is 15.0. The number of ether oxygens (including phenoxy) is 1. The van der Waals surface area contributed by atoms with Crippen molar-refractivity contribution in [3.63, 3.8) is 0 Å². The fourth-order valence-corrected chi connectivity index (χ4v) is 2.49. The van der Waals surface area contributed by atoms with Crippen molar-refractivity contribution in [3.05, 3.63) is 23.2 Å². The van der Waals surface area contributed by atoms with E-state index in [1.807, 2.05) is 18.2 Å². The van der Waals surface area contributed by atoms with E-state index >= 15 is 0 Å². The number of aliphatic hydroxyl groups is 1. The van der Waals surface area contributed by atoms with Gasteiger partial charge in [-0.15, -0.1) is 11.3 Å². The van der Waals surface area contributed by atoms with Gasteiger partial charge in [-0.25, -0.2) is 4.98 Å². The summed E-state index contributed by atoms with van der Waals surface area (Å²) in [5.41, 5.74) is 6.72. The number of hydrogen-bond donors (Lipinski definition) is 2. The van der Waals surface area contributed by atoms with Gasteiger partial charge in [0.15, 0.2) is 0 Å². The Morgan fingerprint density at radius 2 is 2.25 bits per heavy atom. The van der Waals surface area contributed by atoms with Crippen LogP contribution in [-0.2, 0) is 0 Å². The lowest BCUT2D eigenvalue weighted by Crippen LogP contribution is -2.22. The molecule has 0 radical (unpaired) electrons. The summed E-state index contributed by atoms with van der Waals surface area (Å²) in [4.78, 5) is 4.39. The molecule has 1 aromatic heterocycles. The monoisotopic (exact) mass is 238 g/mol. The Balaban J connectivity index is 2.43. The van der Waals surface area contributed by atoms with Gasteiger partial charge in [0.1, 0.15) is 10.8 Å². The number of rotatable bonds is 3. The minimum atomic E-state index is -0.595. The summed E-state index contributed by atoms with van der Waals surface area (Å²) >= 11 is 1.49. The van der Waals surface area contributed by atoms with Crippen LogP contribution in [0.15, 0.2) is 18.2 Å².